The number of nitrogens with one attached hydrogen (secondary N) is 1. The van der Waals surface area contributed by atoms with E-state index >= 15 is 0 Å². The van der Waals surface area contributed by atoms with Gasteiger partial charge < -0.3 is 11.1 Å². The van der Waals surface area contributed by atoms with Crippen molar-refractivity contribution in [1.82, 2.24) is 4.98 Å². The van der Waals surface area contributed by atoms with Gasteiger partial charge in [-0.15, -0.1) is 0 Å². The van der Waals surface area contributed by atoms with Gasteiger partial charge >= 0.3 is 0 Å². The molecule has 88 valence electrons. The summed E-state index contributed by atoms with van der Waals surface area (Å²) in [5, 5.41) is 3.42. The van der Waals surface area contributed by atoms with Crippen LogP contribution < -0.4 is 11.1 Å². The van der Waals surface area contributed by atoms with E-state index in [1.54, 1.807) is 6.20 Å². The van der Waals surface area contributed by atoms with Crippen LogP contribution in [0.4, 0.5) is 11.5 Å². The number of thioether (sulfide) groups is 1. The standard InChI is InChI=1S/C12H19N3S/c1-9-6-11(14-7-10(9)13)15-8-12(16-2)4-3-5-12/h6-7H,3-5,8,13H2,1-2H3,(H,14,15). The molecule has 0 saturated heterocycles. The van der Waals surface area contributed by atoms with E-state index in [9.17, 15) is 0 Å². The highest BCUT2D eigenvalue weighted by molar-refractivity contribution is 8.00. The number of aromatic nitrogens is 1. The number of nitrogens with two attached hydrogens (primary N) is 1. The third kappa shape index (κ3) is 2.26. The normalized spacial score (nSPS) is 17.9. The van der Waals surface area contributed by atoms with Crippen LogP contribution in [0.3, 0.4) is 0 Å². The molecule has 3 N–H and O–H groups in total. The predicted octanol–water partition coefficient (Wildman–Crippen LogP) is 2.67. The van der Waals surface area contributed by atoms with Crippen LogP contribution in [-0.4, -0.2) is 22.5 Å². The lowest BCUT2D eigenvalue weighted by molar-refractivity contribution is 0.379. The Kier molecular flexibility index (Phi) is 3.28. The molecule has 1 saturated carbocycles. The van der Waals surface area contributed by atoms with Crippen molar-refractivity contribution < 1.29 is 0 Å². The number of pyridine rings is 1. The van der Waals surface area contributed by atoms with Crippen LogP contribution in [0.1, 0.15) is 24.8 Å². The van der Waals surface area contributed by atoms with E-state index in [2.05, 4.69) is 16.6 Å². The Labute approximate surface area is 101 Å². The average Bonchev–Trinajstić information content (AvgIpc) is 2.22. The van der Waals surface area contributed by atoms with Crippen molar-refractivity contribution >= 4 is 23.3 Å². The van der Waals surface area contributed by atoms with E-state index in [1.807, 2.05) is 24.8 Å². The molecule has 1 fully saturated rings. The van der Waals surface area contributed by atoms with E-state index < -0.39 is 0 Å². The smallest absolute Gasteiger partial charge is 0.126 e. The number of hydrogen-bond acceptors (Lipinski definition) is 4. The summed E-state index contributed by atoms with van der Waals surface area (Å²) in [6, 6.07) is 2.02. The van der Waals surface area contributed by atoms with Crippen molar-refractivity contribution in [3.05, 3.63) is 17.8 Å². The fourth-order valence-corrected chi connectivity index (χ4v) is 2.85. The molecular weight excluding hydrogens is 218 g/mol. The summed E-state index contributed by atoms with van der Waals surface area (Å²) in [5.41, 5.74) is 7.59. The lowest BCUT2D eigenvalue weighted by atomic mass is 9.84. The largest absolute Gasteiger partial charge is 0.397 e. The number of nitrogen functional groups attached to an aromatic ring is 1. The maximum atomic E-state index is 5.74. The first-order valence-electron chi connectivity index (χ1n) is 5.66. The lowest BCUT2D eigenvalue weighted by Gasteiger charge is -2.40. The maximum Gasteiger partial charge on any atom is 0.126 e. The van der Waals surface area contributed by atoms with Crippen molar-refractivity contribution in [3.8, 4) is 0 Å². The van der Waals surface area contributed by atoms with Crippen LogP contribution in [-0.2, 0) is 0 Å². The predicted molar refractivity (Wildman–Crippen MR) is 72.0 cm³/mol. The summed E-state index contributed by atoms with van der Waals surface area (Å²) in [5.74, 6) is 0.937. The summed E-state index contributed by atoms with van der Waals surface area (Å²) in [6.45, 7) is 3.01. The van der Waals surface area contributed by atoms with Crippen LogP contribution >= 0.6 is 11.8 Å². The van der Waals surface area contributed by atoms with Crippen LogP contribution in [0.15, 0.2) is 12.3 Å². The summed E-state index contributed by atoms with van der Waals surface area (Å²) in [4.78, 5) is 4.29. The Bertz CT molecular complexity index is 369. The molecule has 0 amide bonds. The Morgan fingerprint density at radius 3 is 2.81 bits per heavy atom. The van der Waals surface area contributed by atoms with E-state index in [0.29, 0.717) is 4.75 Å². The minimum Gasteiger partial charge on any atom is -0.397 e. The molecule has 0 aromatic carbocycles. The molecule has 1 aliphatic rings. The topological polar surface area (TPSA) is 50.9 Å². The van der Waals surface area contributed by atoms with Gasteiger partial charge in [-0.25, -0.2) is 4.98 Å². The molecule has 16 heavy (non-hydrogen) atoms. The molecule has 2 rings (SSSR count). The lowest BCUT2D eigenvalue weighted by Crippen LogP contribution is -2.40. The first-order valence-corrected chi connectivity index (χ1v) is 6.89. The minimum absolute atomic E-state index is 0.441. The number of rotatable bonds is 4. The fraction of sp³-hybridized carbons (Fsp3) is 0.583. The molecule has 0 spiro atoms. The van der Waals surface area contributed by atoms with E-state index in [1.165, 1.54) is 19.3 Å². The van der Waals surface area contributed by atoms with Crippen molar-refractivity contribution in [1.29, 1.82) is 0 Å². The second-order valence-electron chi connectivity index (χ2n) is 4.52. The number of nitrogens with zero attached hydrogens (tertiary/aromatic N) is 1. The van der Waals surface area contributed by atoms with Gasteiger partial charge in [0.1, 0.15) is 5.82 Å². The Hall–Kier alpha value is -0.900. The van der Waals surface area contributed by atoms with Crippen molar-refractivity contribution in [2.75, 3.05) is 23.9 Å². The van der Waals surface area contributed by atoms with Crippen molar-refractivity contribution in [2.24, 2.45) is 0 Å². The zero-order chi connectivity index (χ0) is 11.6. The van der Waals surface area contributed by atoms with Gasteiger partial charge in [0.05, 0.1) is 11.9 Å². The minimum atomic E-state index is 0.441. The monoisotopic (exact) mass is 237 g/mol. The molecule has 0 aliphatic heterocycles. The molecule has 1 aromatic rings. The fourth-order valence-electron chi connectivity index (χ4n) is 1.94. The van der Waals surface area contributed by atoms with Crippen LogP contribution in [0.25, 0.3) is 0 Å². The van der Waals surface area contributed by atoms with Crippen molar-refractivity contribution in [2.45, 2.75) is 30.9 Å². The van der Waals surface area contributed by atoms with Crippen LogP contribution in [0.5, 0.6) is 0 Å². The van der Waals surface area contributed by atoms with Crippen LogP contribution in [0, 0.1) is 6.92 Å². The van der Waals surface area contributed by atoms with E-state index in [4.69, 9.17) is 5.73 Å². The van der Waals surface area contributed by atoms with Gasteiger partial charge in [-0.2, -0.15) is 11.8 Å². The molecular formula is C12H19N3S. The highest BCUT2D eigenvalue weighted by Crippen LogP contribution is 2.42. The quantitative estimate of drug-likeness (QED) is 0.845. The SMILES string of the molecule is CSC1(CNc2cc(C)c(N)cn2)CCC1. The number of hydrogen-bond donors (Lipinski definition) is 2. The third-order valence-corrected chi connectivity index (χ3v) is 4.86. The van der Waals surface area contributed by atoms with Gasteiger partial charge in [-0.05, 0) is 37.7 Å². The number of aryl methyl sites for hydroxylation is 1. The first-order chi connectivity index (χ1) is 7.65. The van der Waals surface area contributed by atoms with Crippen molar-refractivity contribution in [3.63, 3.8) is 0 Å². The van der Waals surface area contributed by atoms with Gasteiger partial charge in [0, 0.05) is 11.3 Å². The van der Waals surface area contributed by atoms with Gasteiger partial charge in [0.15, 0.2) is 0 Å². The number of anilines is 2. The summed E-state index contributed by atoms with van der Waals surface area (Å²) < 4.78 is 0.441. The molecule has 1 heterocycles. The van der Waals surface area contributed by atoms with E-state index in [-0.39, 0.29) is 0 Å². The first kappa shape index (κ1) is 11.6. The van der Waals surface area contributed by atoms with Gasteiger partial charge in [0.25, 0.3) is 0 Å². The second-order valence-corrected chi connectivity index (χ2v) is 5.79. The highest BCUT2D eigenvalue weighted by Gasteiger charge is 2.35. The molecule has 0 unspecified atom stereocenters. The van der Waals surface area contributed by atoms with Gasteiger partial charge in [-0.3, -0.25) is 0 Å². The summed E-state index contributed by atoms with van der Waals surface area (Å²) in [6.07, 6.45) is 7.91. The maximum absolute atomic E-state index is 5.74. The molecule has 0 bridgehead atoms. The average molecular weight is 237 g/mol. The molecule has 1 aliphatic carbocycles. The van der Waals surface area contributed by atoms with Gasteiger partial charge in [-0.1, -0.05) is 6.42 Å². The molecule has 1 aromatic heterocycles. The molecule has 0 atom stereocenters. The van der Waals surface area contributed by atoms with Gasteiger partial charge in [0.2, 0.25) is 0 Å². The third-order valence-electron chi connectivity index (χ3n) is 3.44. The zero-order valence-electron chi connectivity index (χ0n) is 9.92. The Morgan fingerprint density at radius 1 is 1.56 bits per heavy atom. The molecule has 4 heteroatoms. The summed E-state index contributed by atoms with van der Waals surface area (Å²) >= 11 is 1.97. The molecule has 0 radical (unpaired) electrons. The summed E-state index contributed by atoms with van der Waals surface area (Å²) in [7, 11) is 0. The van der Waals surface area contributed by atoms with Crippen LogP contribution in [0.2, 0.25) is 0 Å². The van der Waals surface area contributed by atoms with E-state index in [0.717, 1.165) is 23.6 Å². The highest BCUT2D eigenvalue weighted by atomic mass is 32.2. The Morgan fingerprint density at radius 2 is 2.31 bits per heavy atom. The molecule has 3 nitrogen and oxygen atoms in total. The second kappa shape index (κ2) is 4.53. The zero-order valence-corrected chi connectivity index (χ0v) is 10.7. The Balaban J connectivity index is 1.96.